The van der Waals surface area contributed by atoms with E-state index in [2.05, 4.69) is 10.6 Å². The molecule has 1 atom stereocenters. The highest BCUT2D eigenvalue weighted by Gasteiger charge is 2.33. The molecule has 2 amide bonds. The van der Waals surface area contributed by atoms with Crippen LogP contribution < -0.4 is 10.6 Å². The van der Waals surface area contributed by atoms with E-state index in [9.17, 15) is 9.59 Å². The van der Waals surface area contributed by atoms with E-state index in [0.717, 1.165) is 19.4 Å². The molecule has 1 saturated heterocycles. The van der Waals surface area contributed by atoms with E-state index < -0.39 is 6.04 Å². The zero-order valence-electron chi connectivity index (χ0n) is 13.5. The molecule has 1 fully saturated rings. The Hall–Kier alpha value is -1.86. The molecule has 0 spiro atoms. The lowest BCUT2D eigenvalue weighted by Gasteiger charge is -2.34. The maximum atomic E-state index is 12.4. The van der Waals surface area contributed by atoms with Crippen molar-refractivity contribution in [3.05, 3.63) is 24.2 Å². The monoisotopic (exact) mass is 323 g/mol. The SMILES string of the molecule is COCCNCCNC(=O)C1CCCCN1C(=O)c1ccco1. The maximum Gasteiger partial charge on any atom is 0.290 e. The van der Waals surface area contributed by atoms with Gasteiger partial charge < -0.3 is 24.7 Å². The van der Waals surface area contributed by atoms with Crippen LogP contribution >= 0.6 is 0 Å². The molecular formula is C16H25N3O4. The van der Waals surface area contributed by atoms with Crippen LogP contribution in [0.4, 0.5) is 0 Å². The van der Waals surface area contributed by atoms with Crippen LogP contribution in [0.3, 0.4) is 0 Å². The smallest absolute Gasteiger partial charge is 0.290 e. The lowest BCUT2D eigenvalue weighted by molar-refractivity contribution is -0.126. The maximum absolute atomic E-state index is 12.4. The molecule has 1 aliphatic heterocycles. The minimum atomic E-state index is -0.416. The van der Waals surface area contributed by atoms with Crippen molar-refractivity contribution in [3.8, 4) is 0 Å². The summed E-state index contributed by atoms with van der Waals surface area (Å²) >= 11 is 0. The number of furan rings is 1. The number of likely N-dealkylation sites (tertiary alicyclic amines) is 1. The lowest BCUT2D eigenvalue weighted by atomic mass is 10.0. The van der Waals surface area contributed by atoms with E-state index in [1.54, 1.807) is 24.1 Å². The van der Waals surface area contributed by atoms with E-state index in [4.69, 9.17) is 9.15 Å². The fourth-order valence-corrected chi connectivity index (χ4v) is 2.68. The summed E-state index contributed by atoms with van der Waals surface area (Å²) in [5.74, 6) is -0.0304. The minimum Gasteiger partial charge on any atom is -0.459 e. The molecule has 7 nitrogen and oxygen atoms in total. The molecule has 1 aromatic heterocycles. The van der Waals surface area contributed by atoms with Crippen LogP contribution in [0.25, 0.3) is 0 Å². The average molecular weight is 323 g/mol. The van der Waals surface area contributed by atoms with Gasteiger partial charge in [-0.2, -0.15) is 0 Å². The Morgan fingerprint density at radius 3 is 2.96 bits per heavy atom. The molecule has 0 aliphatic carbocycles. The molecule has 0 saturated carbocycles. The van der Waals surface area contributed by atoms with Crippen LogP contribution in [0.5, 0.6) is 0 Å². The number of nitrogens with one attached hydrogen (secondary N) is 2. The highest BCUT2D eigenvalue weighted by Crippen LogP contribution is 2.20. The minimum absolute atomic E-state index is 0.0989. The fourth-order valence-electron chi connectivity index (χ4n) is 2.68. The molecule has 2 heterocycles. The van der Waals surface area contributed by atoms with E-state index in [1.165, 1.54) is 6.26 Å². The topological polar surface area (TPSA) is 83.8 Å². The van der Waals surface area contributed by atoms with Crippen molar-refractivity contribution in [1.29, 1.82) is 0 Å². The third-order valence-corrected chi connectivity index (χ3v) is 3.88. The number of carbonyl (C=O) groups excluding carboxylic acids is 2. The number of piperidine rings is 1. The summed E-state index contributed by atoms with van der Waals surface area (Å²) in [5.41, 5.74) is 0. The van der Waals surface area contributed by atoms with Crippen molar-refractivity contribution >= 4 is 11.8 Å². The first-order valence-electron chi connectivity index (χ1n) is 8.06. The number of methoxy groups -OCH3 is 1. The number of rotatable bonds is 8. The third-order valence-electron chi connectivity index (χ3n) is 3.88. The van der Waals surface area contributed by atoms with Crippen molar-refractivity contribution < 1.29 is 18.7 Å². The molecule has 7 heteroatoms. The largest absolute Gasteiger partial charge is 0.459 e. The highest BCUT2D eigenvalue weighted by atomic mass is 16.5. The van der Waals surface area contributed by atoms with Gasteiger partial charge in [0.1, 0.15) is 6.04 Å². The molecule has 128 valence electrons. The average Bonchev–Trinajstić information content (AvgIpc) is 3.11. The summed E-state index contributed by atoms with van der Waals surface area (Å²) in [6.07, 6.45) is 4.02. The molecular weight excluding hydrogens is 298 g/mol. The van der Waals surface area contributed by atoms with Crippen molar-refractivity contribution in [2.45, 2.75) is 25.3 Å². The molecule has 2 rings (SSSR count). The van der Waals surface area contributed by atoms with Gasteiger partial charge in [0.25, 0.3) is 5.91 Å². The van der Waals surface area contributed by atoms with Gasteiger partial charge in [-0.25, -0.2) is 0 Å². The number of hydrogen-bond acceptors (Lipinski definition) is 5. The summed E-state index contributed by atoms with van der Waals surface area (Å²) in [4.78, 5) is 26.5. The van der Waals surface area contributed by atoms with Gasteiger partial charge in [0.15, 0.2) is 5.76 Å². The second-order valence-electron chi connectivity index (χ2n) is 5.52. The molecule has 0 radical (unpaired) electrons. The number of carbonyl (C=O) groups is 2. The van der Waals surface area contributed by atoms with E-state index >= 15 is 0 Å². The molecule has 2 N–H and O–H groups in total. The number of ether oxygens (including phenoxy) is 1. The van der Waals surface area contributed by atoms with Gasteiger partial charge in [-0.15, -0.1) is 0 Å². The molecule has 23 heavy (non-hydrogen) atoms. The molecule has 0 bridgehead atoms. The standard InChI is InChI=1S/C16H25N3O4/c1-22-12-9-17-7-8-18-15(20)13-5-2-3-10-19(13)16(21)14-6-4-11-23-14/h4,6,11,13,17H,2-3,5,7-10,12H2,1H3,(H,18,20). The van der Waals surface area contributed by atoms with Crippen molar-refractivity contribution in [2.24, 2.45) is 0 Å². The van der Waals surface area contributed by atoms with Gasteiger partial charge in [-0.3, -0.25) is 9.59 Å². The molecule has 1 unspecified atom stereocenters. The van der Waals surface area contributed by atoms with E-state index in [0.29, 0.717) is 32.7 Å². The van der Waals surface area contributed by atoms with Crippen molar-refractivity contribution in [3.63, 3.8) is 0 Å². The van der Waals surface area contributed by atoms with Gasteiger partial charge in [-0.1, -0.05) is 0 Å². The first-order chi connectivity index (χ1) is 11.2. The van der Waals surface area contributed by atoms with Crippen LogP contribution in [0.2, 0.25) is 0 Å². The predicted molar refractivity (Wildman–Crippen MR) is 85.1 cm³/mol. The third kappa shape index (κ3) is 5.07. The van der Waals surface area contributed by atoms with Crippen molar-refractivity contribution in [2.75, 3.05) is 39.9 Å². The normalized spacial score (nSPS) is 18.0. The van der Waals surface area contributed by atoms with Gasteiger partial charge in [0.2, 0.25) is 5.91 Å². The Labute approximate surface area is 136 Å². The second-order valence-corrected chi connectivity index (χ2v) is 5.52. The van der Waals surface area contributed by atoms with Crippen LogP contribution in [0.1, 0.15) is 29.8 Å². The molecule has 0 aromatic carbocycles. The van der Waals surface area contributed by atoms with Gasteiger partial charge in [0, 0.05) is 33.3 Å². The Morgan fingerprint density at radius 1 is 1.35 bits per heavy atom. The number of hydrogen-bond donors (Lipinski definition) is 2. The summed E-state index contributed by atoms with van der Waals surface area (Å²) in [5, 5.41) is 6.06. The molecule has 1 aromatic rings. The summed E-state index contributed by atoms with van der Waals surface area (Å²) < 4.78 is 10.1. The van der Waals surface area contributed by atoms with E-state index in [-0.39, 0.29) is 17.6 Å². The van der Waals surface area contributed by atoms with Crippen LogP contribution in [-0.4, -0.2) is 62.7 Å². The number of amides is 2. The predicted octanol–water partition coefficient (Wildman–Crippen LogP) is 0.627. The quantitative estimate of drug-likeness (QED) is 0.686. The zero-order chi connectivity index (χ0) is 16.5. The van der Waals surface area contributed by atoms with Crippen LogP contribution in [0.15, 0.2) is 22.8 Å². The fraction of sp³-hybridized carbons (Fsp3) is 0.625. The Kier molecular flexibility index (Phi) is 7.09. The van der Waals surface area contributed by atoms with Crippen LogP contribution in [0, 0.1) is 0 Å². The van der Waals surface area contributed by atoms with E-state index in [1.807, 2.05) is 0 Å². The van der Waals surface area contributed by atoms with Gasteiger partial charge >= 0.3 is 0 Å². The molecule has 1 aliphatic rings. The second kappa shape index (κ2) is 9.32. The van der Waals surface area contributed by atoms with Crippen LogP contribution in [-0.2, 0) is 9.53 Å². The summed E-state index contributed by atoms with van der Waals surface area (Å²) in [6, 6.07) is 2.89. The Balaban J connectivity index is 1.83. The Morgan fingerprint density at radius 2 is 2.22 bits per heavy atom. The first kappa shape index (κ1) is 17.5. The Bertz CT molecular complexity index is 490. The van der Waals surface area contributed by atoms with Gasteiger partial charge in [0.05, 0.1) is 12.9 Å². The first-order valence-corrected chi connectivity index (χ1v) is 8.06. The zero-order valence-corrected chi connectivity index (χ0v) is 13.5. The lowest BCUT2D eigenvalue weighted by Crippen LogP contribution is -2.52. The highest BCUT2D eigenvalue weighted by molar-refractivity contribution is 5.95. The summed E-state index contributed by atoms with van der Waals surface area (Å²) in [7, 11) is 1.65. The van der Waals surface area contributed by atoms with Crippen molar-refractivity contribution in [1.82, 2.24) is 15.5 Å². The number of nitrogens with zero attached hydrogens (tertiary/aromatic N) is 1. The summed E-state index contributed by atoms with van der Waals surface area (Å²) in [6.45, 7) is 3.18. The van der Waals surface area contributed by atoms with Gasteiger partial charge in [-0.05, 0) is 31.4 Å².